The molecule has 0 N–H and O–H groups in total. The van der Waals surface area contributed by atoms with Crippen LogP contribution in [-0.2, 0) is 19.6 Å². The minimum absolute atomic E-state index is 0.0728. The molecule has 21 heavy (non-hydrogen) atoms. The fourth-order valence-electron chi connectivity index (χ4n) is 1.49. The van der Waals surface area contributed by atoms with Crippen LogP contribution in [-0.4, -0.2) is 43.8 Å². The number of halogens is 1. The van der Waals surface area contributed by atoms with Crippen LogP contribution in [0.1, 0.15) is 6.92 Å². The van der Waals surface area contributed by atoms with Gasteiger partial charge in [-0.05, 0) is 19.1 Å². The largest absolute Gasteiger partial charge is 0.465 e. The maximum atomic E-state index is 13.0. The van der Waals surface area contributed by atoms with Gasteiger partial charge in [0.15, 0.2) is 4.90 Å². The molecule has 8 nitrogen and oxygen atoms in total. The number of nitro groups is 1. The summed E-state index contributed by atoms with van der Waals surface area (Å²) in [5.74, 6) is -1.73. The Morgan fingerprint density at radius 2 is 2.10 bits per heavy atom. The molecular formula is C11H13FN2O6S. The molecular weight excluding hydrogens is 307 g/mol. The minimum Gasteiger partial charge on any atom is -0.465 e. The van der Waals surface area contributed by atoms with E-state index in [1.807, 2.05) is 0 Å². The summed E-state index contributed by atoms with van der Waals surface area (Å²) in [5, 5.41) is 10.8. The van der Waals surface area contributed by atoms with E-state index in [1.165, 1.54) is 0 Å². The van der Waals surface area contributed by atoms with Crippen molar-refractivity contribution in [3.05, 3.63) is 34.1 Å². The number of ether oxygens (including phenoxy) is 1. The molecule has 10 heteroatoms. The number of carbonyl (C=O) groups is 1. The van der Waals surface area contributed by atoms with E-state index >= 15 is 0 Å². The highest BCUT2D eigenvalue weighted by Gasteiger charge is 2.31. The van der Waals surface area contributed by atoms with Crippen molar-refractivity contribution in [2.45, 2.75) is 11.8 Å². The van der Waals surface area contributed by atoms with Crippen LogP contribution in [0.2, 0.25) is 0 Å². The number of nitro benzene ring substituents is 1. The van der Waals surface area contributed by atoms with Crippen LogP contribution in [0.4, 0.5) is 10.1 Å². The van der Waals surface area contributed by atoms with Crippen molar-refractivity contribution in [3.8, 4) is 0 Å². The number of esters is 1. The van der Waals surface area contributed by atoms with Gasteiger partial charge in [-0.2, -0.15) is 4.31 Å². The van der Waals surface area contributed by atoms with Gasteiger partial charge in [-0.25, -0.2) is 12.8 Å². The van der Waals surface area contributed by atoms with Crippen LogP contribution in [0.25, 0.3) is 0 Å². The molecule has 0 aliphatic carbocycles. The predicted molar refractivity (Wildman–Crippen MR) is 69.5 cm³/mol. The lowest BCUT2D eigenvalue weighted by Gasteiger charge is -2.16. The van der Waals surface area contributed by atoms with Crippen LogP contribution in [0, 0.1) is 15.9 Å². The van der Waals surface area contributed by atoms with Gasteiger partial charge in [0, 0.05) is 7.05 Å². The number of likely N-dealkylation sites (N-methyl/N-ethyl adjacent to an activating group) is 1. The second-order valence-electron chi connectivity index (χ2n) is 3.94. The molecule has 0 saturated heterocycles. The Morgan fingerprint density at radius 3 is 2.62 bits per heavy atom. The van der Waals surface area contributed by atoms with E-state index < -0.39 is 43.9 Å². The van der Waals surface area contributed by atoms with E-state index in [1.54, 1.807) is 6.92 Å². The number of hydrogen-bond donors (Lipinski definition) is 0. The van der Waals surface area contributed by atoms with Crippen molar-refractivity contribution < 1.29 is 27.3 Å². The number of benzene rings is 1. The molecule has 0 saturated carbocycles. The van der Waals surface area contributed by atoms with Gasteiger partial charge in [0.05, 0.1) is 17.6 Å². The number of hydrogen-bond acceptors (Lipinski definition) is 6. The van der Waals surface area contributed by atoms with Gasteiger partial charge in [0.25, 0.3) is 5.69 Å². The van der Waals surface area contributed by atoms with Crippen LogP contribution >= 0.6 is 0 Å². The number of nitrogens with zero attached hydrogens (tertiary/aromatic N) is 2. The van der Waals surface area contributed by atoms with Gasteiger partial charge in [0.1, 0.15) is 12.4 Å². The molecule has 0 radical (unpaired) electrons. The summed E-state index contributed by atoms with van der Waals surface area (Å²) >= 11 is 0. The molecule has 1 aromatic rings. The molecule has 1 aromatic carbocycles. The van der Waals surface area contributed by atoms with Gasteiger partial charge >= 0.3 is 5.97 Å². The Hall–Kier alpha value is -2.07. The van der Waals surface area contributed by atoms with Gasteiger partial charge in [-0.3, -0.25) is 14.9 Å². The summed E-state index contributed by atoms with van der Waals surface area (Å²) in [5.41, 5.74) is -0.897. The molecule has 0 aromatic heterocycles. The molecule has 0 fully saturated rings. The summed E-state index contributed by atoms with van der Waals surface area (Å²) in [7, 11) is -3.25. The molecule has 0 unspecified atom stereocenters. The molecule has 0 bridgehead atoms. The Morgan fingerprint density at radius 1 is 1.48 bits per heavy atom. The third kappa shape index (κ3) is 3.95. The van der Waals surface area contributed by atoms with Crippen molar-refractivity contribution in [2.24, 2.45) is 0 Å². The van der Waals surface area contributed by atoms with Crippen LogP contribution in [0.5, 0.6) is 0 Å². The maximum absolute atomic E-state index is 13.0. The molecule has 0 atom stereocenters. The first-order valence-corrected chi connectivity index (χ1v) is 7.20. The highest BCUT2D eigenvalue weighted by molar-refractivity contribution is 7.89. The normalized spacial score (nSPS) is 11.4. The van der Waals surface area contributed by atoms with Gasteiger partial charge in [0.2, 0.25) is 10.0 Å². The second-order valence-corrected chi connectivity index (χ2v) is 5.95. The van der Waals surface area contributed by atoms with Gasteiger partial charge in [-0.15, -0.1) is 0 Å². The van der Waals surface area contributed by atoms with E-state index in [2.05, 4.69) is 4.74 Å². The Labute approximate surface area is 120 Å². The van der Waals surface area contributed by atoms with Gasteiger partial charge < -0.3 is 4.74 Å². The van der Waals surface area contributed by atoms with Crippen molar-refractivity contribution in [1.82, 2.24) is 4.31 Å². The van der Waals surface area contributed by atoms with E-state index in [9.17, 15) is 27.7 Å². The van der Waals surface area contributed by atoms with Crippen LogP contribution < -0.4 is 0 Å². The lowest BCUT2D eigenvalue weighted by Crippen LogP contribution is -2.33. The van der Waals surface area contributed by atoms with E-state index in [4.69, 9.17) is 0 Å². The quantitative estimate of drug-likeness (QED) is 0.438. The molecule has 0 aliphatic heterocycles. The fraction of sp³-hybridized carbons (Fsp3) is 0.364. The molecule has 1 rings (SSSR count). The van der Waals surface area contributed by atoms with Crippen LogP contribution in [0.15, 0.2) is 23.1 Å². The topological polar surface area (TPSA) is 107 Å². The Balaban J connectivity index is 3.19. The highest BCUT2D eigenvalue weighted by Crippen LogP contribution is 2.26. The van der Waals surface area contributed by atoms with Crippen molar-refractivity contribution in [2.75, 3.05) is 20.2 Å². The smallest absolute Gasteiger partial charge is 0.321 e. The summed E-state index contributed by atoms with van der Waals surface area (Å²) in [6, 6.07) is 2.08. The summed E-state index contributed by atoms with van der Waals surface area (Å²) in [4.78, 5) is 20.4. The lowest BCUT2D eigenvalue weighted by molar-refractivity contribution is -0.388. The zero-order valence-corrected chi connectivity index (χ0v) is 12.1. The van der Waals surface area contributed by atoms with Crippen LogP contribution in [0.3, 0.4) is 0 Å². The SMILES string of the molecule is CCOC(=O)CN(C)S(=O)(=O)c1ccc(F)cc1[N+](=O)[O-]. The first kappa shape index (κ1) is 17.0. The van der Waals surface area contributed by atoms with Gasteiger partial charge in [-0.1, -0.05) is 0 Å². The van der Waals surface area contributed by atoms with Crippen molar-refractivity contribution in [1.29, 1.82) is 0 Å². The zero-order chi connectivity index (χ0) is 16.2. The van der Waals surface area contributed by atoms with Crippen molar-refractivity contribution >= 4 is 21.7 Å². The first-order chi connectivity index (χ1) is 9.70. The minimum atomic E-state index is -4.32. The van der Waals surface area contributed by atoms with Crippen molar-refractivity contribution in [3.63, 3.8) is 0 Å². The number of carbonyl (C=O) groups excluding carboxylic acids is 1. The van der Waals surface area contributed by atoms with E-state index in [-0.39, 0.29) is 6.61 Å². The van der Waals surface area contributed by atoms with E-state index in [0.717, 1.165) is 19.2 Å². The number of rotatable bonds is 6. The second kappa shape index (κ2) is 6.59. The summed E-state index contributed by atoms with van der Waals surface area (Å²) < 4.78 is 42.6. The Bertz CT molecular complexity index is 661. The monoisotopic (exact) mass is 320 g/mol. The highest BCUT2D eigenvalue weighted by atomic mass is 32.2. The molecule has 0 amide bonds. The number of sulfonamides is 1. The average molecular weight is 320 g/mol. The summed E-state index contributed by atoms with van der Waals surface area (Å²) in [6.07, 6.45) is 0. The lowest BCUT2D eigenvalue weighted by atomic mass is 10.3. The molecule has 116 valence electrons. The maximum Gasteiger partial charge on any atom is 0.321 e. The third-order valence-electron chi connectivity index (χ3n) is 2.46. The third-order valence-corrected chi connectivity index (χ3v) is 4.31. The fourth-order valence-corrected chi connectivity index (χ4v) is 2.74. The van der Waals surface area contributed by atoms with E-state index in [0.29, 0.717) is 10.4 Å². The molecule has 0 heterocycles. The molecule has 0 spiro atoms. The average Bonchev–Trinajstić information content (AvgIpc) is 2.38. The predicted octanol–water partition coefficient (Wildman–Crippen LogP) is 0.918. The Kier molecular flexibility index (Phi) is 5.33. The first-order valence-electron chi connectivity index (χ1n) is 5.76. The molecule has 0 aliphatic rings. The standard InChI is InChI=1S/C11H13FN2O6S/c1-3-20-11(15)7-13(2)21(18,19)10-5-4-8(12)6-9(10)14(16)17/h4-6H,3,7H2,1-2H3. The zero-order valence-electron chi connectivity index (χ0n) is 11.3. The summed E-state index contributed by atoms with van der Waals surface area (Å²) in [6.45, 7) is 1.02.